The monoisotopic (exact) mass is 219 g/mol. The zero-order valence-electron chi connectivity index (χ0n) is 9.60. The summed E-state index contributed by atoms with van der Waals surface area (Å²) in [6, 6.07) is 6.70. The van der Waals surface area contributed by atoms with Crippen LogP contribution in [0.15, 0.2) is 35.9 Å². The van der Waals surface area contributed by atoms with Gasteiger partial charge in [0.2, 0.25) is 0 Å². The molecule has 0 saturated heterocycles. The predicted molar refractivity (Wildman–Crippen MR) is 64.2 cm³/mol. The van der Waals surface area contributed by atoms with Crippen molar-refractivity contribution in [1.82, 2.24) is 0 Å². The van der Waals surface area contributed by atoms with Crippen LogP contribution in [0.4, 0.5) is 0 Å². The maximum atomic E-state index is 11.0. The van der Waals surface area contributed by atoms with E-state index in [4.69, 9.17) is 10.8 Å². The first-order valence-electron chi connectivity index (χ1n) is 5.14. The molecule has 0 amide bonds. The summed E-state index contributed by atoms with van der Waals surface area (Å²) in [5.41, 5.74) is 6.93. The van der Waals surface area contributed by atoms with Crippen molar-refractivity contribution in [3.63, 3.8) is 0 Å². The second kappa shape index (κ2) is 4.94. The molecule has 86 valence electrons. The lowest BCUT2D eigenvalue weighted by Gasteiger charge is -2.19. The van der Waals surface area contributed by atoms with Crippen molar-refractivity contribution in [2.24, 2.45) is 5.73 Å². The SMILES string of the molecule is CC(C)=C[C@@](N)(C=O)Cc1ccc(O)cc1. The number of aldehydes is 1. The van der Waals surface area contributed by atoms with Gasteiger partial charge in [-0.25, -0.2) is 0 Å². The van der Waals surface area contributed by atoms with E-state index in [0.717, 1.165) is 17.4 Å². The third kappa shape index (κ3) is 3.51. The van der Waals surface area contributed by atoms with Crippen molar-refractivity contribution in [3.8, 4) is 5.75 Å². The number of hydrogen-bond donors (Lipinski definition) is 2. The van der Waals surface area contributed by atoms with Crippen LogP contribution in [-0.2, 0) is 11.2 Å². The fraction of sp³-hybridized carbons (Fsp3) is 0.308. The summed E-state index contributed by atoms with van der Waals surface area (Å²) in [7, 11) is 0. The number of benzene rings is 1. The van der Waals surface area contributed by atoms with E-state index >= 15 is 0 Å². The quantitative estimate of drug-likeness (QED) is 0.599. The minimum Gasteiger partial charge on any atom is -0.508 e. The Balaban J connectivity index is 2.89. The molecule has 1 aromatic carbocycles. The van der Waals surface area contributed by atoms with Gasteiger partial charge < -0.3 is 15.6 Å². The number of aromatic hydroxyl groups is 1. The summed E-state index contributed by atoms with van der Waals surface area (Å²) in [5.74, 6) is 0.208. The second-order valence-corrected chi connectivity index (χ2v) is 4.30. The Morgan fingerprint density at radius 1 is 1.38 bits per heavy atom. The molecule has 16 heavy (non-hydrogen) atoms. The van der Waals surface area contributed by atoms with Gasteiger partial charge in [0.05, 0.1) is 5.54 Å². The number of rotatable bonds is 4. The molecule has 0 bridgehead atoms. The van der Waals surface area contributed by atoms with Crippen LogP contribution in [0.3, 0.4) is 0 Å². The molecule has 0 heterocycles. The van der Waals surface area contributed by atoms with E-state index in [0.29, 0.717) is 6.42 Å². The van der Waals surface area contributed by atoms with Crippen LogP contribution >= 0.6 is 0 Å². The molecule has 3 nitrogen and oxygen atoms in total. The Labute approximate surface area is 95.6 Å². The zero-order chi connectivity index (χ0) is 12.2. The largest absolute Gasteiger partial charge is 0.508 e. The maximum absolute atomic E-state index is 11.0. The first-order chi connectivity index (χ1) is 7.45. The van der Waals surface area contributed by atoms with Crippen LogP contribution in [0.5, 0.6) is 5.75 Å². The molecule has 1 rings (SSSR count). The number of phenols is 1. The van der Waals surface area contributed by atoms with Gasteiger partial charge in [0.25, 0.3) is 0 Å². The number of allylic oxidation sites excluding steroid dienone is 1. The molecule has 3 heteroatoms. The summed E-state index contributed by atoms with van der Waals surface area (Å²) in [4.78, 5) is 11.0. The number of nitrogens with two attached hydrogens (primary N) is 1. The molecule has 0 aliphatic heterocycles. The third-order valence-corrected chi connectivity index (χ3v) is 2.22. The summed E-state index contributed by atoms with van der Waals surface area (Å²) in [6.07, 6.45) is 2.95. The van der Waals surface area contributed by atoms with E-state index in [1.807, 2.05) is 13.8 Å². The zero-order valence-corrected chi connectivity index (χ0v) is 9.60. The van der Waals surface area contributed by atoms with Crippen molar-refractivity contribution in [3.05, 3.63) is 41.5 Å². The van der Waals surface area contributed by atoms with Gasteiger partial charge in [-0.15, -0.1) is 0 Å². The molecule has 0 aliphatic rings. The van der Waals surface area contributed by atoms with Crippen molar-refractivity contribution in [2.75, 3.05) is 0 Å². The summed E-state index contributed by atoms with van der Waals surface area (Å²) in [6.45, 7) is 3.81. The fourth-order valence-electron chi connectivity index (χ4n) is 1.63. The van der Waals surface area contributed by atoms with Gasteiger partial charge in [-0.05, 0) is 31.5 Å². The van der Waals surface area contributed by atoms with Crippen molar-refractivity contribution in [1.29, 1.82) is 0 Å². The van der Waals surface area contributed by atoms with Gasteiger partial charge in [-0.1, -0.05) is 23.8 Å². The van der Waals surface area contributed by atoms with E-state index in [9.17, 15) is 4.79 Å². The van der Waals surface area contributed by atoms with Gasteiger partial charge in [0, 0.05) is 6.42 Å². The van der Waals surface area contributed by atoms with Crippen molar-refractivity contribution in [2.45, 2.75) is 25.8 Å². The molecule has 0 saturated carbocycles. The molecule has 0 unspecified atom stereocenters. The van der Waals surface area contributed by atoms with Crippen LogP contribution in [0.25, 0.3) is 0 Å². The topological polar surface area (TPSA) is 63.3 Å². The van der Waals surface area contributed by atoms with E-state index in [-0.39, 0.29) is 5.75 Å². The number of carbonyl (C=O) groups is 1. The number of phenolic OH excluding ortho intramolecular Hbond substituents is 1. The highest BCUT2D eigenvalue weighted by molar-refractivity contribution is 5.68. The standard InChI is InChI=1S/C13H17NO2/c1-10(2)7-13(14,9-15)8-11-3-5-12(16)6-4-11/h3-7,9,16H,8,14H2,1-2H3/t13-/m0/s1. The molecular weight excluding hydrogens is 202 g/mol. The highest BCUT2D eigenvalue weighted by Gasteiger charge is 2.21. The van der Waals surface area contributed by atoms with E-state index < -0.39 is 5.54 Å². The molecule has 0 radical (unpaired) electrons. The average molecular weight is 219 g/mol. The molecule has 0 aliphatic carbocycles. The van der Waals surface area contributed by atoms with Gasteiger partial charge in [-0.2, -0.15) is 0 Å². The third-order valence-electron chi connectivity index (χ3n) is 2.22. The van der Waals surface area contributed by atoms with Crippen LogP contribution in [0.2, 0.25) is 0 Å². The lowest BCUT2D eigenvalue weighted by atomic mass is 9.91. The average Bonchev–Trinajstić information content (AvgIpc) is 2.20. The minimum absolute atomic E-state index is 0.208. The smallest absolute Gasteiger partial charge is 0.144 e. The molecule has 0 aromatic heterocycles. The highest BCUT2D eigenvalue weighted by atomic mass is 16.3. The molecule has 1 atom stereocenters. The molecule has 0 fully saturated rings. The van der Waals surface area contributed by atoms with Crippen LogP contribution in [-0.4, -0.2) is 16.9 Å². The lowest BCUT2D eigenvalue weighted by molar-refractivity contribution is -0.110. The normalized spacial score (nSPS) is 13.9. The highest BCUT2D eigenvalue weighted by Crippen LogP contribution is 2.15. The Morgan fingerprint density at radius 2 is 1.94 bits per heavy atom. The Morgan fingerprint density at radius 3 is 2.38 bits per heavy atom. The molecule has 3 N–H and O–H groups in total. The number of carbonyl (C=O) groups excluding carboxylic acids is 1. The fourth-order valence-corrected chi connectivity index (χ4v) is 1.63. The van der Waals surface area contributed by atoms with Crippen LogP contribution in [0.1, 0.15) is 19.4 Å². The lowest BCUT2D eigenvalue weighted by Crippen LogP contribution is -2.42. The van der Waals surface area contributed by atoms with Gasteiger partial charge in [0.1, 0.15) is 12.0 Å². The van der Waals surface area contributed by atoms with E-state index in [2.05, 4.69) is 0 Å². The van der Waals surface area contributed by atoms with Crippen molar-refractivity contribution >= 4 is 6.29 Å². The summed E-state index contributed by atoms with van der Waals surface area (Å²) in [5, 5.41) is 9.14. The van der Waals surface area contributed by atoms with Crippen LogP contribution in [0, 0.1) is 0 Å². The van der Waals surface area contributed by atoms with Gasteiger partial charge in [0.15, 0.2) is 0 Å². The van der Waals surface area contributed by atoms with Gasteiger partial charge in [-0.3, -0.25) is 0 Å². The first kappa shape index (κ1) is 12.5. The molecule has 0 spiro atoms. The van der Waals surface area contributed by atoms with E-state index in [1.165, 1.54) is 0 Å². The summed E-state index contributed by atoms with van der Waals surface area (Å²) >= 11 is 0. The minimum atomic E-state index is -0.962. The van der Waals surface area contributed by atoms with Crippen LogP contribution < -0.4 is 5.73 Å². The molecule has 1 aromatic rings. The maximum Gasteiger partial charge on any atom is 0.144 e. The van der Waals surface area contributed by atoms with Crippen molar-refractivity contribution < 1.29 is 9.90 Å². The second-order valence-electron chi connectivity index (χ2n) is 4.30. The van der Waals surface area contributed by atoms with E-state index in [1.54, 1.807) is 30.3 Å². The predicted octanol–water partition coefficient (Wildman–Crippen LogP) is 1.80. The number of hydrogen-bond acceptors (Lipinski definition) is 3. The van der Waals surface area contributed by atoms with Gasteiger partial charge >= 0.3 is 0 Å². The first-order valence-corrected chi connectivity index (χ1v) is 5.14. The Hall–Kier alpha value is -1.61. The summed E-state index contributed by atoms with van der Waals surface area (Å²) < 4.78 is 0. The molecular formula is C13H17NO2. The Bertz CT molecular complexity index is 391. The Kier molecular flexibility index (Phi) is 3.85.